The lowest BCUT2D eigenvalue weighted by Crippen LogP contribution is -2.64. The molecule has 4 N–H and O–H groups in total. The van der Waals surface area contributed by atoms with E-state index < -0.39 is 23.9 Å². The minimum atomic E-state index is -1.32. The van der Waals surface area contributed by atoms with E-state index in [1.807, 2.05) is 0 Å². The number of carbonyl (C=O) groups is 3. The van der Waals surface area contributed by atoms with Gasteiger partial charge in [0.1, 0.15) is 6.04 Å². The fourth-order valence-corrected chi connectivity index (χ4v) is 7.06. The van der Waals surface area contributed by atoms with Crippen molar-refractivity contribution in [3.05, 3.63) is 33.8 Å². The van der Waals surface area contributed by atoms with Crippen LogP contribution >= 0.6 is 23.2 Å². The minimum absolute atomic E-state index is 0.00310. The highest BCUT2D eigenvalue weighted by Crippen LogP contribution is 2.61. The molecule has 0 aliphatic heterocycles. The Kier molecular flexibility index (Phi) is 5.85. The van der Waals surface area contributed by atoms with Crippen LogP contribution in [0.4, 0.5) is 4.79 Å². The van der Waals surface area contributed by atoms with Gasteiger partial charge in [0.25, 0.3) is 5.91 Å². The van der Waals surface area contributed by atoms with Gasteiger partial charge in [-0.3, -0.25) is 4.79 Å². The second kappa shape index (κ2) is 8.17. The zero-order valence-corrected chi connectivity index (χ0v) is 18.9. The number of carbonyl (C=O) groups excluding carboxylic acids is 2. The SMILES string of the molecule is CC12CC3CC(C1)CC(NC(=O)NC[C@H](NC(=O)c1c(Cl)cccc1Cl)C(=O)O)(C3)C2. The Labute approximate surface area is 191 Å². The zero-order valence-electron chi connectivity index (χ0n) is 17.3. The molecule has 2 unspecified atom stereocenters. The Morgan fingerprint density at radius 3 is 2.29 bits per heavy atom. The average molecular weight is 468 g/mol. The number of urea groups is 1. The molecule has 168 valence electrons. The highest BCUT2D eigenvalue weighted by Gasteiger charge is 2.56. The van der Waals surface area contributed by atoms with Crippen molar-refractivity contribution >= 4 is 41.1 Å². The minimum Gasteiger partial charge on any atom is -0.480 e. The van der Waals surface area contributed by atoms with Crippen LogP contribution in [0.2, 0.25) is 10.0 Å². The molecule has 1 aromatic carbocycles. The zero-order chi connectivity index (χ0) is 22.4. The normalized spacial score (nSPS) is 31.7. The molecule has 0 spiro atoms. The Balaban J connectivity index is 1.36. The number of carboxylic acids is 1. The molecule has 7 nitrogen and oxygen atoms in total. The molecule has 4 fully saturated rings. The second-order valence-electron chi connectivity index (χ2n) is 9.85. The topological polar surface area (TPSA) is 108 Å². The maximum absolute atomic E-state index is 12.7. The van der Waals surface area contributed by atoms with Gasteiger partial charge in [-0.15, -0.1) is 0 Å². The van der Waals surface area contributed by atoms with Crippen molar-refractivity contribution in [2.75, 3.05) is 6.54 Å². The summed E-state index contributed by atoms with van der Waals surface area (Å²) in [4.78, 5) is 36.8. The molecule has 1 aromatic rings. The summed E-state index contributed by atoms with van der Waals surface area (Å²) >= 11 is 12.1. The lowest BCUT2D eigenvalue weighted by Gasteiger charge is -2.61. The molecule has 0 saturated heterocycles. The lowest BCUT2D eigenvalue weighted by atomic mass is 9.47. The highest BCUT2D eigenvalue weighted by atomic mass is 35.5. The molecular formula is C22H27Cl2N3O4. The molecule has 0 radical (unpaired) electrons. The molecule has 4 aliphatic carbocycles. The predicted molar refractivity (Wildman–Crippen MR) is 117 cm³/mol. The molecule has 5 rings (SSSR count). The Hall–Kier alpha value is -1.99. The van der Waals surface area contributed by atoms with Crippen LogP contribution in [0.1, 0.15) is 55.8 Å². The molecule has 3 amide bonds. The maximum atomic E-state index is 12.7. The number of hydrogen-bond acceptors (Lipinski definition) is 3. The van der Waals surface area contributed by atoms with Crippen LogP contribution < -0.4 is 16.0 Å². The number of halogens is 2. The monoisotopic (exact) mass is 467 g/mol. The van der Waals surface area contributed by atoms with Gasteiger partial charge in [-0.2, -0.15) is 0 Å². The summed E-state index contributed by atoms with van der Waals surface area (Å²) < 4.78 is 0. The van der Waals surface area contributed by atoms with Crippen molar-refractivity contribution in [3.8, 4) is 0 Å². The van der Waals surface area contributed by atoms with Gasteiger partial charge < -0.3 is 21.1 Å². The van der Waals surface area contributed by atoms with E-state index >= 15 is 0 Å². The first-order valence-electron chi connectivity index (χ1n) is 10.6. The van der Waals surface area contributed by atoms with E-state index in [1.165, 1.54) is 31.4 Å². The summed E-state index contributed by atoms with van der Waals surface area (Å²) in [5.74, 6) is -0.672. The summed E-state index contributed by atoms with van der Waals surface area (Å²) in [5, 5.41) is 17.9. The largest absolute Gasteiger partial charge is 0.480 e. The number of aliphatic carboxylic acids is 1. The number of rotatable bonds is 6. The van der Waals surface area contributed by atoms with Gasteiger partial charge in [0.15, 0.2) is 0 Å². The summed E-state index contributed by atoms with van der Waals surface area (Å²) in [6.45, 7) is 2.06. The third kappa shape index (κ3) is 4.62. The van der Waals surface area contributed by atoms with Gasteiger partial charge in [0.2, 0.25) is 0 Å². The molecule has 4 saturated carbocycles. The van der Waals surface area contributed by atoms with Crippen LogP contribution in [-0.4, -0.2) is 41.1 Å². The number of carboxylic acid groups (broad SMARTS) is 1. The van der Waals surface area contributed by atoms with Crippen molar-refractivity contribution in [1.29, 1.82) is 0 Å². The van der Waals surface area contributed by atoms with Gasteiger partial charge in [-0.1, -0.05) is 36.2 Å². The van der Waals surface area contributed by atoms with E-state index in [-0.39, 0.29) is 33.1 Å². The third-order valence-electron chi connectivity index (χ3n) is 6.99. The van der Waals surface area contributed by atoms with Crippen LogP contribution in [0.5, 0.6) is 0 Å². The van der Waals surface area contributed by atoms with E-state index in [2.05, 4.69) is 22.9 Å². The van der Waals surface area contributed by atoms with Crippen molar-refractivity contribution in [1.82, 2.24) is 16.0 Å². The van der Waals surface area contributed by atoms with E-state index in [0.29, 0.717) is 11.8 Å². The Morgan fingerprint density at radius 2 is 1.74 bits per heavy atom. The molecule has 9 heteroatoms. The van der Waals surface area contributed by atoms with Crippen molar-refractivity contribution in [2.24, 2.45) is 17.3 Å². The van der Waals surface area contributed by atoms with Crippen molar-refractivity contribution < 1.29 is 19.5 Å². The molecule has 0 heterocycles. The molecule has 3 atom stereocenters. The van der Waals surface area contributed by atoms with Gasteiger partial charge >= 0.3 is 12.0 Å². The van der Waals surface area contributed by atoms with Crippen molar-refractivity contribution in [3.63, 3.8) is 0 Å². The Bertz CT molecular complexity index is 888. The van der Waals surface area contributed by atoms with Crippen LogP contribution in [0.3, 0.4) is 0 Å². The summed E-state index contributed by atoms with van der Waals surface area (Å²) in [5.41, 5.74) is 0.0717. The lowest BCUT2D eigenvalue weighted by molar-refractivity contribution is -0.139. The number of nitrogens with one attached hydrogen (secondary N) is 3. The van der Waals surface area contributed by atoms with E-state index in [1.54, 1.807) is 6.07 Å². The number of benzene rings is 1. The van der Waals surface area contributed by atoms with E-state index in [0.717, 1.165) is 19.3 Å². The van der Waals surface area contributed by atoms with Gasteiger partial charge in [-0.25, -0.2) is 9.59 Å². The average Bonchev–Trinajstić information content (AvgIpc) is 2.62. The van der Waals surface area contributed by atoms with Crippen molar-refractivity contribution in [2.45, 2.75) is 57.0 Å². The second-order valence-corrected chi connectivity index (χ2v) is 10.7. The Morgan fingerprint density at radius 1 is 1.13 bits per heavy atom. The molecule has 0 aromatic heterocycles. The quantitative estimate of drug-likeness (QED) is 0.509. The fraction of sp³-hybridized carbons (Fsp3) is 0.591. The van der Waals surface area contributed by atoms with Gasteiger partial charge in [0, 0.05) is 5.54 Å². The summed E-state index contributed by atoms with van der Waals surface area (Å²) in [7, 11) is 0. The first kappa shape index (κ1) is 22.2. The molecular weight excluding hydrogens is 441 g/mol. The number of hydrogen-bond donors (Lipinski definition) is 4. The first-order valence-corrected chi connectivity index (χ1v) is 11.4. The van der Waals surface area contributed by atoms with Crippen LogP contribution in [-0.2, 0) is 4.79 Å². The summed E-state index contributed by atoms with van der Waals surface area (Å²) in [6.07, 6.45) is 6.63. The molecule has 4 bridgehead atoms. The summed E-state index contributed by atoms with van der Waals surface area (Å²) in [6, 6.07) is 2.86. The fourth-order valence-electron chi connectivity index (χ4n) is 6.49. The van der Waals surface area contributed by atoms with E-state index in [4.69, 9.17) is 23.2 Å². The standard InChI is InChI=1S/C22H27Cl2N3O4/c1-21-6-12-5-13(7-21)9-22(8-12,11-21)27-20(31)25-10-16(19(29)30)26-18(28)17-14(23)3-2-4-15(17)24/h2-4,12-13,16H,5-11H2,1H3,(H,26,28)(H,29,30)(H2,25,27,31)/t12?,13?,16-,21?,22?/m0/s1. The third-order valence-corrected chi connectivity index (χ3v) is 7.62. The van der Waals surface area contributed by atoms with Crippen LogP contribution in [0.25, 0.3) is 0 Å². The highest BCUT2D eigenvalue weighted by molar-refractivity contribution is 6.39. The van der Waals surface area contributed by atoms with Gasteiger partial charge in [0.05, 0.1) is 22.2 Å². The molecule has 31 heavy (non-hydrogen) atoms. The molecule has 4 aliphatic rings. The van der Waals surface area contributed by atoms with Crippen LogP contribution in [0, 0.1) is 17.3 Å². The number of amides is 3. The van der Waals surface area contributed by atoms with E-state index in [9.17, 15) is 19.5 Å². The predicted octanol–water partition coefficient (Wildman–Crippen LogP) is 3.83. The maximum Gasteiger partial charge on any atom is 0.328 e. The first-order chi connectivity index (χ1) is 14.6. The van der Waals surface area contributed by atoms with Gasteiger partial charge in [-0.05, 0) is 67.9 Å². The van der Waals surface area contributed by atoms with Crippen LogP contribution in [0.15, 0.2) is 18.2 Å². The smallest absolute Gasteiger partial charge is 0.328 e.